The summed E-state index contributed by atoms with van der Waals surface area (Å²) in [5.74, 6) is 1.88. The molecule has 0 atom stereocenters. The second-order valence-corrected chi connectivity index (χ2v) is 6.56. The lowest BCUT2D eigenvalue weighted by atomic mass is 10.2. The Bertz CT molecular complexity index is 1020. The van der Waals surface area contributed by atoms with Crippen molar-refractivity contribution < 1.29 is 0 Å². The lowest BCUT2D eigenvalue weighted by Gasteiger charge is -2.10. The second-order valence-electron chi connectivity index (χ2n) is 6.03. The summed E-state index contributed by atoms with van der Waals surface area (Å²) in [6.45, 7) is 4.83. The van der Waals surface area contributed by atoms with Gasteiger partial charge in [0.25, 0.3) is 0 Å². The predicted octanol–water partition coefficient (Wildman–Crippen LogP) is 3.10. The Balaban J connectivity index is 1.67. The summed E-state index contributed by atoms with van der Waals surface area (Å²) in [5.41, 5.74) is 3.84. The molecule has 24 heavy (non-hydrogen) atoms. The number of nitrogens with zero attached hydrogens (tertiary/aromatic N) is 6. The third kappa shape index (κ3) is 2.58. The Hall–Kier alpha value is -2.61. The molecule has 0 aliphatic carbocycles. The molecule has 0 fully saturated rings. The lowest BCUT2D eigenvalue weighted by molar-refractivity contribution is 0.752. The molecule has 0 saturated carbocycles. The monoisotopic (exact) mass is 339 g/mol. The molecule has 122 valence electrons. The SMILES string of the molecule is CC(C)c1nc(NCc2ccc3nsnc3c2)c2cnn(C)c2n1. The van der Waals surface area contributed by atoms with Crippen LogP contribution in [0, 0.1) is 0 Å². The minimum atomic E-state index is 0.252. The normalized spacial score (nSPS) is 11.7. The molecule has 0 bridgehead atoms. The zero-order valence-electron chi connectivity index (χ0n) is 13.7. The van der Waals surface area contributed by atoms with Gasteiger partial charge in [0.05, 0.1) is 23.3 Å². The van der Waals surface area contributed by atoms with Gasteiger partial charge >= 0.3 is 0 Å². The van der Waals surface area contributed by atoms with Gasteiger partial charge in [-0.25, -0.2) is 9.97 Å². The summed E-state index contributed by atoms with van der Waals surface area (Å²) < 4.78 is 10.3. The highest BCUT2D eigenvalue weighted by Crippen LogP contribution is 2.23. The largest absolute Gasteiger partial charge is 0.365 e. The van der Waals surface area contributed by atoms with Crippen LogP contribution in [0.3, 0.4) is 0 Å². The number of anilines is 1. The molecule has 3 aromatic heterocycles. The van der Waals surface area contributed by atoms with E-state index >= 15 is 0 Å². The topological polar surface area (TPSA) is 81.4 Å². The van der Waals surface area contributed by atoms with Gasteiger partial charge in [0.15, 0.2) is 5.65 Å². The first-order valence-corrected chi connectivity index (χ1v) is 8.49. The first kappa shape index (κ1) is 14.9. The van der Waals surface area contributed by atoms with Crippen LogP contribution in [0.1, 0.15) is 31.2 Å². The first-order chi connectivity index (χ1) is 11.6. The highest BCUT2D eigenvalue weighted by molar-refractivity contribution is 7.00. The fourth-order valence-corrected chi connectivity index (χ4v) is 3.07. The number of benzene rings is 1. The van der Waals surface area contributed by atoms with Crippen LogP contribution in [0.15, 0.2) is 24.4 Å². The highest BCUT2D eigenvalue weighted by Gasteiger charge is 2.13. The molecule has 0 radical (unpaired) electrons. The number of rotatable bonds is 4. The van der Waals surface area contributed by atoms with Crippen molar-refractivity contribution in [3.63, 3.8) is 0 Å². The average Bonchev–Trinajstić information content (AvgIpc) is 3.19. The van der Waals surface area contributed by atoms with Crippen molar-refractivity contribution in [3.8, 4) is 0 Å². The molecule has 0 aliphatic rings. The van der Waals surface area contributed by atoms with Gasteiger partial charge < -0.3 is 5.32 Å². The maximum Gasteiger partial charge on any atom is 0.163 e. The first-order valence-electron chi connectivity index (χ1n) is 7.76. The van der Waals surface area contributed by atoms with Gasteiger partial charge in [-0.2, -0.15) is 13.8 Å². The standard InChI is InChI=1S/C16H17N7S/c1-9(2)14-19-15(11-8-18-23(3)16(11)20-14)17-7-10-4-5-12-13(6-10)22-24-21-12/h4-6,8-9H,7H2,1-3H3,(H,17,19,20). The van der Waals surface area contributed by atoms with E-state index in [1.807, 2.05) is 13.1 Å². The Morgan fingerprint density at radius 1 is 1.17 bits per heavy atom. The molecule has 8 heteroatoms. The van der Waals surface area contributed by atoms with E-state index < -0.39 is 0 Å². The summed E-state index contributed by atoms with van der Waals surface area (Å²) in [6, 6.07) is 6.10. The van der Waals surface area contributed by atoms with Gasteiger partial charge in [-0.1, -0.05) is 19.9 Å². The summed E-state index contributed by atoms with van der Waals surface area (Å²) >= 11 is 1.23. The predicted molar refractivity (Wildman–Crippen MR) is 95.1 cm³/mol. The fraction of sp³-hybridized carbons (Fsp3) is 0.312. The Kier molecular flexibility index (Phi) is 3.61. The van der Waals surface area contributed by atoms with E-state index in [2.05, 4.69) is 55.1 Å². The van der Waals surface area contributed by atoms with E-state index in [-0.39, 0.29) is 5.92 Å². The number of aryl methyl sites for hydroxylation is 1. The number of hydrogen-bond acceptors (Lipinski definition) is 7. The van der Waals surface area contributed by atoms with Crippen LogP contribution in [0.25, 0.3) is 22.1 Å². The average molecular weight is 339 g/mol. The van der Waals surface area contributed by atoms with E-state index in [1.54, 1.807) is 10.9 Å². The number of aromatic nitrogens is 6. The van der Waals surface area contributed by atoms with Crippen molar-refractivity contribution in [1.82, 2.24) is 28.5 Å². The summed E-state index contributed by atoms with van der Waals surface area (Å²) in [4.78, 5) is 9.30. The van der Waals surface area contributed by atoms with Gasteiger partial charge in [0, 0.05) is 19.5 Å². The molecule has 0 aliphatic heterocycles. The second kappa shape index (κ2) is 5.79. The van der Waals surface area contributed by atoms with Crippen molar-refractivity contribution >= 4 is 39.6 Å². The molecular weight excluding hydrogens is 322 g/mol. The van der Waals surface area contributed by atoms with E-state index in [9.17, 15) is 0 Å². The van der Waals surface area contributed by atoms with Crippen molar-refractivity contribution in [2.45, 2.75) is 26.3 Å². The summed E-state index contributed by atoms with van der Waals surface area (Å²) in [7, 11) is 1.90. The Labute approximate surface area is 143 Å². The Morgan fingerprint density at radius 2 is 2.00 bits per heavy atom. The van der Waals surface area contributed by atoms with Crippen molar-refractivity contribution in [3.05, 3.63) is 35.8 Å². The van der Waals surface area contributed by atoms with Gasteiger partial charge in [-0.05, 0) is 17.7 Å². The van der Waals surface area contributed by atoms with Crippen LogP contribution >= 0.6 is 11.7 Å². The molecule has 0 saturated heterocycles. The summed E-state index contributed by atoms with van der Waals surface area (Å²) in [5, 5.41) is 8.65. The maximum atomic E-state index is 4.68. The van der Waals surface area contributed by atoms with E-state index in [0.29, 0.717) is 6.54 Å². The zero-order chi connectivity index (χ0) is 16.7. The van der Waals surface area contributed by atoms with E-state index in [0.717, 1.165) is 39.3 Å². The summed E-state index contributed by atoms with van der Waals surface area (Å²) in [6.07, 6.45) is 1.80. The Morgan fingerprint density at radius 3 is 2.83 bits per heavy atom. The van der Waals surface area contributed by atoms with Crippen LogP contribution < -0.4 is 5.32 Å². The van der Waals surface area contributed by atoms with Crippen LogP contribution in [-0.4, -0.2) is 28.5 Å². The molecular formula is C16H17N7S. The minimum absolute atomic E-state index is 0.252. The van der Waals surface area contributed by atoms with Gasteiger partial charge in [-0.15, -0.1) is 0 Å². The quantitative estimate of drug-likeness (QED) is 0.615. The van der Waals surface area contributed by atoms with Crippen LogP contribution in [0.4, 0.5) is 5.82 Å². The molecule has 0 amide bonds. The molecule has 4 aromatic rings. The van der Waals surface area contributed by atoms with E-state index in [1.165, 1.54) is 11.7 Å². The molecule has 0 spiro atoms. The van der Waals surface area contributed by atoms with E-state index in [4.69, 9.17) is 0 Å². The molecule has 4 rings (SSSR count). The minimum Gasteiger partial charge on any atom is -0.365 e. The highest BCUT2D eigenvalue weighted by atomic mass is 32.1. The van der Waals surface area contributed by atoms with Crippen molar-refractivity contribution in [1.29, 1.82) is 0 Å². The van der Waals surface area contributed by atoms with Gasteiger partial charge in [-0.3, -0.25) is 4.68 Å². The smallest absolute Gasteiger partial charge is 0.163 e. The zero-order valence-corrected chi connectivity index (χ0v) is 14.5. The molecule has 7 nitrogen and oxygen atoms in total. The maximum absolute atomic E-state index is 4.68. The molecule has 1 aromatic carbocycles. The third-order valence-corrected chi connectivity index (χ3v) is 4.46. The van der Waals surface area contributed by atoms with Crippen LogP contribution in [-0.2, 0) is 13.6 Å². The molecule has 1 N–H and O–H groups in total. The van der Waals surface area contributed by atoms with Crippen LogP contribution in [0.5, 0.6) is 0 Å². The number of nitrogens with one attached hydrogen (secondary N) is 1. The lowest BCUT2D eigenvalue weighted by Crippen LogP contribution is -2.07. The number of fused-ring (bicyclic) bond motifs is 2. The van der Waals surface area contributed by atoms with Gasteiger partial charge in [0.2, 0.25) is 0 Å². The van der Waals surface area contributed by atoms with Crippen molar-refractivity contribution in [2.24, 2.45) is 7.05 Å². The van der Waals surface area contributed by atoms with Crippen LogP contribution in [0.2, 0.25) is 0 Å². The third-order valence-electron chi connectivity index (χ3n) is 3.90. The number of hydrogen-bond donors (Lipinski definition) is 1. The molecule has 0 unspecified atom stereocenters. The van der Waals surface area contributed by atoms with Crippen molar-refractivity contribution in [2.75, 3.05) is 5.32 Å². The van der Waals surface area contributed by atoms with Gasteiger partial charge in [0.1, 0.15) is 22.7 Å². The molecule has 3 heterocycles. The fourth-order valence-electron chi connectivity index (χ4n) is 2.56.